The van der Waals surface area contributed by atoms with Crippen molar-refractivity contribution in [2.24, 2.45) is 0 Å². The Bertz CT molecular complexity index is 840. The number of benzene rings is 2. The van der Waals surface area contributed by atoms with Crippen LogP contribution in [0.5, 0.6) is 5.75 Å². The lowest BCUT2D eigenvalue weighted by Gasteiger charge is -2.14. The fourth-order valence-electron chi connectivity index (χ4n) is 3.40. The van der Waals surface area contributed by atoms with E-state index in [2.05, 4.69) is 62.6 Å². The fraction of sp³-hybridized carbons (Fsp3) is 0.167. The van der Waals surface area contributed by atoms with Crippen molar-refractivity contribution < 1.29 is 4.74 Å². The lowest BCUT2D eigenvalue weighted by molar-refractivity contribution is 0.270. The van der Waals surface area contributed by atoms with Gasteiger partial charge in [-0.25, -0.2) is 0 Å². The fourth-order valence-corrected chi connectivity index (χ4v) is 3.40. The first-order valence-corrected chi connectivity index (χ1v) is 8.63. The van der Waals surface area contributed by atoms with Crippen LogP contribution in [0.25, 0.3) is 11.1 Å². The van der Waals surface area contributed by atoms with Crippen molar-refractivity contribution in [3.63, 3.8) is 0 Å². The van der Waals surface area contributed by atoms with Crippen LogP contribution in [0.1, 0.15) is 36.5 Å². The van der Waals surface area contributed by atoms with E-state index in [1.807, 2.05) is 37.3 Å². The molecule has 2 aromatic rings. The standard InChI is InChI=1S/C24H24O/c1-5-11-21-22(6-2)25-23-15-10-14-20(24(21)23)18(4)16-17(3)19-12-8-7-9-13-19/h5-16,21-22H,2-3H2,1,4H3/b11-5-,18-16+. The molecule has 0 fully saturated rings. The zero-order valence-corrected chi connectivity index (χ0v) is 14.9. The van der Waals surface area contributed by atoms with Crippen LogP contribution in [0.4, 0.5) is 0 Å². The molecule has 126 valence electrons. The molecule has 0 radical (unpaired) electrons. The molecule has 0 amide bonds. The largest absolute Gasteiger partial charge is 0.485 e. The zero-order valence-electron chi connectivity index (χ0n) is 14.9. The van der Waals surface area contributed by atoms with Gasteiger partial charge >= 0.3 is 0 Å². The Morgan fingerprint density at radius 2 is 1.84 bits per heavy atom. The molecule has 1 heterocycles. The number of hydrogen-bond donors (Lipinski definition) is 0. The third kappa shape index (κ3) is 3.36. The molecule has 0 saturated heterocycles. The normalized spacial score (nSPS) is 19.5. The van der Waals surface area contributed by atoms with Gasteiger partial charge in [0.2, 0.25) is 0 Å². The van der Waals surface area contributed by atoms with E-state index in [-0.39, 0.29) is 12.0 Å². The molecule has 0 aliphatic carbocycles. The van der Waals surface area contributed by atoms with Crippen LogP contribution in [0.2, 0.25) is 0 Å². The SMILES string of the molecule is C=CC1Oc2cccc(/C(C)=C/C(=C)c3ccccc3)c2C1/C=C\C. The van der Waals surface area contributed by atoms with Crippen LogP contribution in [-0.4, -0.2) is 6.10 Å². The minimum absolute atomic E-state index is 0.0162. The highest BCUT2D eigenvalue weighted by Crippen LogP contribution is 2.44. The topological polar surface area (TPSA) is 9.23 Å². The summed E-state index contributed by atoms with van der Waals surface area (Å²) in [6.07, 6.45) is 8.30. The number of allylic oxidation sites excluding steroid dienone is 4. The van der Waals surface area contributed by atoms with Crippen LogP contribution in [-0.2, 0) is 0 Å². The molecule has 0 bridgehead atoms. The third-order valence-electron chi connectivity index (χ3n) is 4.61. The van der Waals surface area contributed by atoms with Crippen LogP contribution in [0.3, 0.4) is 0 Å². The summed E-state index contributed by atoms with van der Waals surface area (Å²) in [5, 5.41) is 0. The molecule has 0 N–H and O–H groups in total. The Balaban J connectivity index is 2.02. The maximum atomic E-state index is 6.08. The van der Waals surface area contributed by atoms with Gasteiger partial charge in [0, 0.05) is 11.5 Å². The van der Waals surface area contributed by atoms with Crippen LogP contribution in [0, 0.1) is 0 Å². The van der Waals surface area contributed by atoms with Crippen LogP contribution >= 0.6 is 0 Å². The van der Waals surface area contributed by atoms with Gasteiger partial charge in [-0.05, 0) is 42.2 Å². The second-order valence-electron chi connectivity index (χ2n) is 6.31. The molecule has 25 heavy (non-hydrogen) atoms. The minimum atomic E-state index is -0.0162. The number of fused-ring (bicyclic) bond motifs is 1. The quantitative estimate of drug-likeness (QED) is 0.455. The monoisotopic (exact) mass is 328 g/mol. The van der Waals surface area contributed by atoms with Gasteiger partial charge in [-0.3, -0.25) is 0 Å². The van der Waals surface area contributed by atoms with Crippen molar-refractivity contribution in [1.29, 1.82) is 0 Å². The predicted octanol–water partition coefficient (Wildman–Crippen LogP) is 6.41. The summed E-state index contributed by atoms with van der Waals surface area (Å²) in [5.41, 5.74) is 5.78. The summed E-state index contributed by atoms with van der Waals surface area (Å²) < 4.78 is 6.08. The lowest BCUT2D eigenvalue weighted by Crippen LogP contribution is -2.13. The molecular formula is C24H24O. The molecule has 3 rings (SSSR count). The maximum Gasteiger partial charge on any atom is 0.127 e. The van der Waals surface area contributed by atoms with E-state index in [0.717, 1.165) is 16.9 Å². The molecule has 1 nitrogen and oxygen atoms in total. The van der Waals surface area contributed by atoms with Gasteiger partial charge < -0.3 is 4.74 Å². The number of ether oxygens (including phenoxy) is 1. The Hall–Kier alpha value is -2.80. The molecule has 2 atom stereocenters. The van der Waals surface area contributed by atoms with E-state index in [4.69, 9.17) is 4.74 Å². The van der Waals surface area contributed by atoms with Crippen molar-refractivity contribution in [2.75, 3.05) is 0 Å². The van der Waals surface area contributed by atoms with E-state index in [9.17, 15) is 0 Å². The first kappa shape index (κ1) is 17.0. The smallest absolute Gasteiger partial charge is 0.127 e. The van der Waals surface area contributed by atoms with Crippen molar-refractivity contribution in [2.45, 2.75) is 25.9 Å². The van der Waals surface area contributed by atoms with Gasteiger partial charge in [-0.15, -0.1) is 0 Å². The summed E-state index contributed by atoms with van der Waals surface area (Å²) in [7, 11) is 0. The average molecular weight is 328 g/mol. The Kier molecular flexibility index (Phi) is 5.04. The van der Waals surface area contributed by atoms with E-state index >= 15 is 0 Å². The van der Waals surface area contributed by atoms with E-state index in [1.54, 1.807) is 0 Å². The second kappa shape index (κ2) is 7.40. The second-order valence-corrected chi connectivity index (χ2v) is 6.31. The Morgan fingerprint density at radius 3 is 2.52 bits per heavy atom. The predicted molar refractivity (Wildman–Crippen MR) is 108 cm³/mol. The molecule has 0 aromatic heterocycles. The number of rotatable bonds is 5. The number of hydrogen-bond acceptors (Lipinski definition) is 1. The first-order valence-electron chi connectivity index (χ1n) is 8.63. The summed E-state index contributed by atoms with van der Waals surface area (Å²) in [5.74, 6) is 1.14. The Morgan fingerprint density at radius 1 is 1.08 bits per heavy atom. The molecule has 1 aliphatic rings. The van der Waals surface area contributed by atoms with Gasteiger partial charge in [0.15, 0.2) is 0 Å². The zero-order chi connectivity index (χ0) is 17.8. The van der Waals surface area contributed by atoms with Gasteiger partial charge in [-0.2, -0.15) is 0 Å². The van der Waals surface area contributed by atoms with Crippen LogP contribution < -0.4 is 4.74 Å². The van der Waals surface area contributed by atoms with Gasteiger partial charge in [0.25, 0.3) is 0 Å². The Labute approximate surface area is 150 Å². The van der Waals surface area contributed by atoms with E-state index in [1.165, 1.54) is 16.7 Å². The van der Waals surface area contributed by atoms with Gasteiger partial charge in [0.05, 0.1) is 0 Å². The molecule has 0 spiro atoms. The van der Waals surface area contributed by atoms with Gasteiger partial charge in [0.1, 0.15) is 11.9 Å². The summed E-state index contributed by atoms with van der Waals surface area (Å²) in [4.78, 5) is 0. The van der Waals surface area contributed by atoms with Crippen molar-refractivity contribution in [3.05, 3.63) is 103 Å². The summed E-state index contributed by atoms with van der Waals surface area (Å²) in [6.45, 7) is 12.3. The highest BCUT2D eigenvalue weighted by atomic mass is 16.5. The minimum Gasteiger partial charge on any atom is -0.485 e. The highest BCUT2D eigenvalue weighted by molar-refractivity contribution is 5.83. The first-order chi connectivity index (χ1) is 12.2. The average Bonchev–Trinajstić information content (AvgIpc) is 3.00. The van der Waals surface area contributed by atoms with E-state index in [0.29, 0.717) is 0 Å². The maximum absolute atomic E-state index is 6.08. The summed E-state index contributed by atoms with van der Waals surface area (Å²) in [6, 6.07) is 16.5. The van der Waals surface area contributed by atoms with E-state index < -0.39 is 0 Å². The summed E-state index contributed by atoms with van der Waals surface area (Å²) >= 11 is 0. The lowest BCUT2D eigenvalue weighted by atomic mass is 9.87. The van der Waals surface area contributed by atoms with Crippen molar-refractivity contribution in [1.82, 2.24) is 0 Å². The molecule has 1 heteroatoms. The van der Waals surface area contributed by atoms with Crippen LogP contribution in [0.15, 0.2) is 86.0 Å². The molecule has 0 saturated carbocycles. The van der Waals surface area contributed by atoms with Crippen molar-refractivity contribution >= 4 is 11.1 Å². The molecule has 1 aliphatic heterocycles. The molecule has 2 unspecified atom stereocenters. The third-order valence-corrected chi connectivity index (χ3v) is 4.61. The highest BCUT2D eigenvalue weighted by Gasteiger charge is 2.32. The molecular weight excluding hydrogens is 304 g/mol. The van der Waals surface area contributed by atoms with Gasteiger partial charge in [-0.1, -0.05) is 79.9 Å². The molecule has 2 aromatic carbocycles. The van der Waals surface area contributed by atoms with Crippen molar-refractivity contribution in [3.8, 4) is 5.75 Å².